The minimum atomic E-state index is -3.01. The maximum absolute atomic E-state index is 14.1. The van der Waals surface area contributed by atoms with E-state index in [0.29, 0.717) is 0 Å². The summed E-state index contributed by atoms with van der Waals surface area (Å²) in [5.74, 6) is 0. The zero-order chi connectivity index (χ0) is 27.8. The van der Waals surface area contributed by atoms with E-state index in [4.69, 9.17) is 4.74 Å². The Labute approximate surface area is 238 Å². The number of nitrogens with zero attached hydrogens (tertiary/aromatic N) is 1. The molecular weight excluding hydrogens is 585 g/mol. The zero-order valence-corrected chi connectivity index (χ0v) is 27.7. The molecule has 1 heterocycles. The molecule has 0 atom stereocenters. The van der Waals surface area contributed by atoms with Crippen molar-refractivity contribution in [3.63, 3.8) is 0 Å². The molecule has 0 fully saturated rings. The Morgan fingerprint density at radius 1 is 0.744 bits per heavy atom. The number of ether oxygens (including phenoxy) is 1. The summed E-state index contributed by atoms with van der Waals surface area (Å²) in [4.78, 5) is 14.1. The van der Waals surface area contributed by atoms with Crippen LogP contribution in [0.15, 0.2) is 54.6 Å². The van der Waals surface area contributed by atoms with Crippen molar-refractivity contribution in [1.82, 2.24) is 4.57 Å². The molecule has 0 aliphatic heterocycles. The third-order valence-corrected chi connectivity index (χ3v) is 24.0. The molecule has 0 radical (unpaired) electrons. The Hall–Kier alpha value is -2.27. The van der Waals surface area contributed by atoms with Crippen LogP contribution >= 0.6 is 0 Å². The number of hydrogen-bond donors (Lipinski definition) is 0. The molecule has 4 aromatic carbocycles. The second kappa shape index (κ2) is 11.3. The number of aromatic nitrogens is 1. The zero-order valence-electron chi connectivity index (χ0n) is 24.8. The Bertz CT molecular complexity index is 1570. The van der Waals surface area contributed by atoms with Crippen molar-refractivity contribution < 1.29 is 9.53 Å². The third kappa shape index (κ3) is 5.28. The van der Waals surface area contributed by atoms with Gasteiger partial charge in [-0.3, -0.25) is 0 Å². The molecule has 0 saturated heterocycles. The van der Waals surface area contributed by atoms with Gasteiger partial charge in [-0.15, -0.1) is 0 Å². The van der Waals surface area contributed by atoms with Crippen molar-refractivity contribution in [1.29, 1.82) is 0 Å². The first-order chi connectivity index (χ1) is 18.7. The molecule has 0 aliphatic rings. The predicted molar refractivity (Wildman–Crippen MR) is 172 cm³/mol. The van der Waals surface area contributed by atoms with Crippen molar-refractivity contribution in [3.8, 4) is 0 Å². The summed E-state index contributed by atoms with van der Waals surface area (Å²) in [6.07, 6.45) is 7.17. The van der Waals surface area contributed by atoms with Crippen molar-refractivity contribution in [2.75, 3.05) is 0 Å². The summed E-state index contributed by atoms with van der Waals surface area (Å²) in [6, 6.07) is 20.3. The van der Waals surface area contributed by atoms with Crippen LogP contribution in [-0.4, -0.2) is 34.6 Å². The normalized spacial score (nSPS) is 12.9. The molecule has 5 aromatic rings. The Kier molecular flexibility index (Phi) is 8.20. The Morgan fingerprint density at radius 3 is 1.87 bits per heavy atom. The molecule has 0 amide bonds. The molecule has 206 valence electrons. The van der Waals surface area contributed by atoms with E-state index in [9.17, 15) is 4.79 Å². The molecule has 0 spiro atoms. The topological polar surface area (TPSA) is 31.2 Å². The number of unbranched alkanes of at least 4 members (excludes halogenated alkanes) is 3. The van der Waals surface area contributed by atoms with Crippen LogP contribution in [0.1, 0.15) is 80.1 Å². The first-order valence-corrected chi connectivity index (χ1v) is 22.7. The van der Waals surface area contributed by atoms with E-state index in [1.54, 1.807) is 0 Å². The first-order valence-electron chi connectivity index (χ1n) is 15.2. The van der Waals surface area contributed by atoms with Crippen molar-refractivity contribution in [2.24, 2.45) is 0 Å². The second-order valence-electron chi connectivity index (χ2n) is 12.6. The fourth-order valence-corrected chi connectivity index (χ4v) is 23.1. The third-order valence-electron chi connectivity index (χ3n) is 8.58. The van der Waals surface area contributed by atoms with Gasteiger partial charge in [-0.1, -0.05) is 0 Å². The summed E-state index contributed by atoms with van der Waals surface area (Å²) < 4.78 is 13.5. The number of hydrogen-bond acceptors (Lipinski definition) is 2. The molecule has 39 heavy (non-hydrogen) atoms. The van der Waals surface area contributed by atoms with Crippen LogP contribution < -0.4 is 3.71 Å². The van der Waals surface area contributed by atoms with Crippen molar-refractivity contribution >= 4 is 71.4 Å². The quantitative estimate of drug-likeness (QED) is 0.114. The van der Waals surface area contributed by atoms with Gasteiger partial charge in [0.1, 0.15) is 0 Å². The average Bonchev–Trinajstić information content (AvgIpc) is 3.30. The standard InChI is InChI=1S/C23H18NO2.3C4H9.Sn/c1-23(2,3)26-22(25)24-12-11-17-18-10-9-15-6-4-5-14-7-8-16(13-19(17)24)21(18)20(14)15;3*1-3-4-2;/h4-11,13H,1-3H3;3*1,3-4H2,2H3;. The molecular formula is C35H45NO2Sn. The van der Waals surface area contributed by atoms with Gasteiger partial charge in [-0.2, -0.15) is 0 Å². The van der Waals surface area contributed by atoms with Gasteiger partial charge in [-0.25, -0.2) is 0 Å². The van der Waals surface area contributed by atoms with Gasteiger partial charge in [0.15, 0.2) is 0 Å². The second-order valence-corrected chi connectivity index (χ2v) is 25.7. The van der Waals surface area contributed by atoms with Gasteiger partial charge in [0.05, 0.1) is 0 Å². The van der Waals surface area contributed by atoms with Gasteiger partial charge in [0, 0.05) is 0 Å². The molecule has 5 rings (SSSR count). The molecule has 4 heteroatoms. The van der Waals surface area contributed by atoms with Crippen LogP contribution in [0.3, 0.4) is 0 Å². The fourth-order valence-electron chi connectivity index (χ4n) is 6.68. The molecule has 0 aliphatic carbocycles. The van der Waals surface area contributed by atoms with E-state index in [1.807, 2.05) is 20.8 Å². The van der Waals surface area contributed by atoms with E-state index in [0.717, 1.165) is 5.52 Å². The van der Waals surface area contributed by atoms with E-state index < -0.39 is 24.0 Å². The van der Waals surface area contributed by atoms with Crippen LogP contribution in [0.4, 0.5) is 4.79 Å². The molecule has 1 aromatic heterocycles. The number of benzene rings is 4. The monoisotopic (exact) mass is 631 g/mol. The van der Waals surface area contributed by atoms with E-state index in [1.165, 1.54) is 93.2 Å². The summed E-state index contributed by atoms with van der Waals surface area (Å²) in [5, 5.41) is 8.89. The number of carbonyl (C=O) groups is 1. The number of fused-ring (bicyclic) bond motifs is 2. The number of carbonyl (C=O) groups excluding carboxylic acids is 1. The van der Waals surface area contributed by atoms with E-state index in [2.05, 4.69) is 79.9 Å². The fraction of sp³-hybridized carbons (Fsp3) is 0.457. The number of rotatable bonds is 10. The molecule has 0 bridgehead atoms. The van der Waals surface area contributed by atoms with Crippen molar-refractivity contribution in [2.45, 2.75) is 99.0 Å². The van der Waals surface area contributed by atoms with Gasteiger partial charge in [-0.05, 0) is 0 Å². The van der Waals surface area contributed by atoms with Crippen LogP contribution in [0, 0.1) is 0 Å². The molecule has 3 nitrogen and oxygen atoms in total. The van der Waals surface area contributed by atoms with Gasteiger partial charge in [0.25, 0.3) is 0 Å². The Balaban J connectivity index is 1.88. The van der Waals surface area contributed by atoms with Gasteiger partial charge in [0.2, 0.25) is 0 Å². The van der Waals surface area contributed by atoms with Crippen molar-refractivity contribution in [3.05, 3.63) is 54.6 Å². The van der Waals surface area contributed by atoms with Crippen LogP contribution in [0.25, 0.3) is 43.2 Å². The average molecular weight is 630 g/mol. The maximum atomic E-state index is 14.1. The summed E-state index contributed by atoms with van der Waals surface area (Å²) in [7, 11) is 0. The SMILES string of the molecule is CCC[CH2][Sn]([CH2]CCC)([CH2]CCC)[c]1cc2c3ccc4cccc5ccc(cc2n1C(=O)OC(C)(C)C)c3c54. The summed E-state index contributed by atoms with van der Waals surface area (Å²) in [5.41, 5.74) is 0.478. The summed E-state index contributed by atoms with van der Waals surface area (Å²) in [6.45, 7) is 12.9. The minimum absolute atomic E-state index is 0.203. The molecule has 0 saturated carbocycles. The van der Waals surface area contributed by atoms with Crippen LogP contribution in [-0.2, 0) is 4.74 Å². The van der Waals surface area contributed by atoms with E-state index >= 15 is 0 Å². The molecule has 0 unspecified atom stereocenters. The summed E-state index contributed by atoms with van der Waals surface area (Å²) >= 11 is -3.01. The Morgan fingerprint density at radius 2 is 1.31 bits per heavy atom. The van der Waals surface area contributed by atoms with Crippen LogP contribution in [0.5, 0.6) is 0 Å². The first kappa shape index (κ1) is 28.3. The van der Waals surface area contributed by atoms with Crippen LogP contribution in [0.2, 0.25) is 13.3 Å². The van der Waals surface area contributed by atoms with E-state index in [-0.39, 0.29) is 6.09 Å². The predicted octanol–water partition coefficient (Wildman–Crippen LogP) is 10.4. The van der Waals surface area contributed by atoms with Gasteiger partial charge < -0.3 is 0 Å². The van der Waals surface area contributed by atoms with Gasteiger partial charge >= 0.3 is 239 Å². The molecule has 0 N–H and O–H groups in total.